The van der Waals surface area contributed by atoms with Gasteiger partial charge in [-0.2, -0.15) is 0 Å². The minimum atomic E-state index is -0.784. The van der Waals surface area contributed by atoms with Crippen molar-refractivity contribution < 1.29 is 14.7 Å². The van der Waals surface area contributed by atoms with Crippen LogP contribution in [0.15, 0.2) is 0 Å². The van der Waals surface area contributed by atoms with Gasteiger partial charge in [0.2, 0.25) is 5.91 Å². The quantitative estimate of drug-likeness (QED) is 0.728. The standard InChI is InChI=1S/C15H26N2O3/c1-17-12-5-4-6-13(17)10-11(9-12)16-14(18)7-2-3-8-15(19)20/h11-13H,2-10H2,1H3,(H,16,18)(H,19,20). The summed E-state index contributed by atoms with van der Waals surface area (Å²) in [4.78, 5) is 24.8. The lowest BCUT2D eigenvalue weighted by Gasteiger charge is -2.47. The lowest BCUT2D eigenvalue weighted by atomic mass is 9.82. The maximum Gasteiger partial charge on any atom is 0.303 e. The van der Waals surface area contributed by atoms with Gasteiger partial charge in [0.1, 0.15) is 0 Å². The van der Waals surface area contributed by atoms with Gasteiger partial charge in [-0.05, 0) is 45.6 Å². The third-order valence-electron chi connectivity index (χ3n) is 4.75. The molecule has 2 heterocycles. The summed E-state index contributed by atoms with van der Waals surface area (Å²) in [6.45, 7) is 0. The molecule has 0 aromatic heterocycles. The van der Waals surface area contributed by atoms with Gasteiger partial charge in [0, 0.05) is 31.0 Å². The smallest absolute Gasteiger partial charge is 0.303 e. The molecule has 0 aromatic rings. The number of amides is 1. The molecule has 0 spiro atoms. The van der Waals surface area contributed by atoms with Crippen LogP contribution in [0.25, 0.3) is 0 Å². The van der Waals surface area contributed by atoms with E-state index in [9.17, 15) is 9.59 Å². The van der Waals surface area contributed by atoms with Crippen LogP contribution in [0.1, 0.15) is 57.8 Å². The highest BCUT2D eigenvalue weighted by atomic mass is 16.4. The maximum atomic E-state index is 11.9. The molecule has 0 saturated carbocycles. The van der Waals surface area contributed by atoms with Crippen molar-refractivity contribution in [2.45, 2.75) is 75.9 Å². The summed E-state index contributed by atoms with van der Waals surface area (Å²) < 4.78 is 0. The number of carboxylic acids is 1. The van der Waals surface area contributed by atoms with E-state index < -0.39 is 5.97 Å². The van der Waals surface area contributed by atoms with Crippen LogP contribution in [-0.2, 0) is 9.59 Å². The molecule has 0 radical (unpaired) electrons. The molecule has 2 unspecified atom stereocenters. The van der Waals surface area contributed by atoms with E-state index in [0.29, 0.717) is 37.4 Å². The number of nitrogens with one attached hydrogen (secondary N) is 1. The lowest BCUT2D eigenvalue weighted by Crippen LogP contribution is -2.55. The van der Waals surface area contributed by atoms with Crippen LogP contribution >= 0.6 is 0 Å². The van der Waals surface area contributed by atoms with Crippen LogP contribution in [0.2, 0.25) is 0 Å². The Bertz CT molecular complexity index is 345. The minimum Gasteiger partial charge on any atom is -0.481 e. The zero-order valence-electron chi connectivity index (χ0n) is 12.3. The molecular weight excluding hydrogens is 256 g/mol. The molecular formula is C15H26N2O3. The maximum absolute atomic E-state index is 11.9. The lowest BCUT2D eigenvalue weighted by molar-refractivity contribution is -0.137. The SMILES string of the molecule is CN1C2CCCC1CC(NC(=O)CCCCC(=O)O)C2. The number of hydrogen-bond donors (Lipinski definition) is 2. The van der Waals surface area contributed by atoms with Crippen molar-refractivity contribution in [3.05, 3.63) is 0 Å². The van der Waals surface area contributed by atoms with Crippen LogP contribution in [0, 0.1) is 0 Å². The number of carbonyl (C=O) groups is 2. The van der Waals surface area contributed by atoms with Crippen molar-refractivity contribution in [2.75, 3.05) is 7.05 Å². The summed E-state index contributed by atoms with van der Waals surface area (Å²) in [6, 6.07) is 1.56. The van der Waals surface area contributed by atoms with Crippen LogP contribution in [0.5, 0.6) is 0 Å². The highest BCUT2D eigenvalue weighted by molar-refractivity contribution is 5.76. The first kappa shape index (κ1) is 15.3. The Morgan fingerprint density at radius 3 is 2.35 bits per heavy atom. The zero-order valence-corrected chi connectivity index (χ0v) is 12.3. The molecule has 5 heteroatoms. The number of rotatable bonds is 6. The summed E-state index contributed by atoms with van der Waals surface area (Å²) in [5, 5.41) is 11.7. The van der Waals surface area contributed by atoms with Crippen LogP contribution in [0.3, 0.4) is 0 Å². The van der Waals surface area contributed by atoms with Crippen molar-refractivity contribution in [1.82, 2.24) is 10.2 Å². The number of carboxylic acid groups (broad SMARTS) is 1. The van der Waals surface area contributed by atoms with E-state index in [4.69, 9.17) is 5.11 Å². The predicted octanol–water partition coefficient (Wildman–Crippen LogP) is 1.76. The molecule has 114 valence electrons. The van der Waals surface area contributed by atoms with Crippen molar-refractivity contribution in [2.24, 2.45) is 0 Å². The second kappa shape index (κ2) is 7.07. The van der Waals surface area contributed by atoms with E-state index in [-0.39, 0.29) is 12.3 Å². The van der Waals surface area contributed by atoms with Crippen molar-refractivity contribution in [3.8, 4) is 0 Å². The number of nitrogens with zero attached hydrogens (tertiary/aromatic N) is 1. The molecule has 2 fully saturated rings. The first-order chi connectivity index (χ1) is 9.56. The van der Waals surface area contributed by atoms with E-state index in [2.05, 4.69) is 17.3 Å². The molecule has 2 atom stereocenters. The molecule has 5 nitrogen and oxygen atoms in total. The number of carbonyl (C=O) groups excluding carboxylic acids is 1. The van der Waals surface area contributed by atoms with Crippen LogP contribution in [-0.4, -0.2) is 47.1 Å². The van der Waals surface area contributed by atoms with Crippen molar-refractivity contribution in [3.63, 3.8) is 0 Å². The summed E-state index contributed by atoms with van der Waals surface area (Å²) in [5.74, 6) is -0.698. The van der Waals surface area contributed by atoms with Crippen LogP contribution < -0.4 is 5.32 Å². The minimum absolute atomic E-state index is 0.0861. The Labute approximate surface area is 120 Å². The fourth-order valence-electron chi connectivity index (χ4n) is 3.60. The molecule has 2 aliphatic rings. The van der Waals surface area contributed by atoms with Gasteiger partial charge in [-0.15, -0.1) is 0 Å². The molecule has 1 amide bonds. The molecule has 2 aliphatic heterocycles. The fraction of sp³-hybridized carbons (Fsp3) is 0.867. The number of hydrogen-bond acceptors (Lipinski definition) is 3. The van der Waals surface area contributed by atoms with Gasteiger partial charge in [-0.1, -0.05) is 6.42 Å². The Hall–Kier alpha value is -1.10. The first-order valence-corrected chi connectivity index (χ1v) is 7.79. The highest BCUT2D eigenvalue weighted by Crippen LogP contribution is 2.32. The second-order valence-corrected chi connectivity index (χ2v) is 6.24. The Balaban J connectivity index is 1.68. The van der Waals surface area contributed by atoms with E-state index >= 15 is 0 Å². The third kappa shape index (κ3) is 4.20. The predicted molar refractivity (Wildman–Crippen MR) is 76.5 cm³/mol. The van der Waals surface area contributed by atoms with Crippen LogP contribution in [0.4, 0.5) is 0 Å². The highest BCUT2D eigenvalue weighted by Gasteiger charge is 2.36. The van der Waals surface area contributed by atoms with E-state index in [0.717, 1.165) is 12.8 Å². The molecule has 2 saturated heterocycles. The molecule has 2 N–H and O–H groups in total. The second-order valence-electron chi connectivity index (χ2n) is 6.24. The Morgan fingerprint density at radius 2 is 1.75 bits per heavy atom. The monoisotopic (exact) mass is 282 g/mol. The van der Waals surface area contributed by atoms with E-state index in [1.165, 1.54) is 19.3 Å². The number of fused-ring (bicyclic) bond motifs is 2. The number of aliphatic carboxylic acids is 1. The zero-order chi connectivity index (χ0) is 14.5. The van der Waals surface area contributed by atoms with Gasteiger partial charge in [0.15, 0.2) is 0 Å². The summed E-state index contributed by atoms with van der Waals surface area (Å²) in [5.41, 5.74) is 0. The van der Waals surface area contributed by atoms with Gasteiger partial charge in [-0.3, -0.25) is 9.59 Å². The van der Waals surface area contributed by atoms with E-state index in [1.807, 2.05) is 0 Å². The van der Waals surface area contributed by atoms with E-state index in [1.54, 1.807) is 0 Å². The summed E-state index contributed by atoms with van der Waals surface area (Å²) >= 11 is 0. The topological polar surface area (TPSA) is 69.6 Å². The molecule has 0 aromatic carbocycles. The number of unbranched alkanes of at least 4 members (excludes halogenated alkanes) is 1. The van der Waals surface area contributed by atoms with Crippen molar-refractivity contribution in [1.29, 1.82) is 0 Å². The normalized spacial score (nSPS) is 29.9. The largest absolute Gasteiger partial charge is 0.481 e. The van der Waals surface area contributed by atoms with Gasteiger partial charge < -0.3 is 15.3 Å². The fourth-order valence-corrected chi connectivity index (χ4v) is 3.60. The average molecular weight is 282 g/mol. The molecule has 20 heavy (non-hydrogen) atoms. The first-order valence-electron chi connectivity index (χ1n) is 7.79. The van der Waals surface area contributed by atoms with Gasteiger partial charge >= 0.3 is 5.97 Å². The molecule has 0 aliphatic carbocycles. The average Bonchev–Trinajstić information content (AvgIpc) is 2.36. The molecule has 2 bridgehead atoms. The molecule has 2 rings (SSSR count). The van der Waals surface area contributed by atoms with Gasteiger partial charge in [0.05, 0.1) is 0 Å². The third-order valence-corrected chi connectivity index (χ3v) is 4.75. The Kier molecular flexibility index (Phi) is 5.40. The van der Waals surface area contributed by atoms with Gasteiger partial charge in [-0.25, -0.2) is 0 Å². The summed E-state index contributed by atoms with van der Waals surface area (Å²) in [7, 11) is 2.21. The summed E-state index contributed by atoms with van der Waals surface area (Å²) in [6.07, 6.45) is 7.80. The number of piperidine rings is 2. The van der Waals surface area contributed by atoms with Crippen molar-refractivity contribution >= 4 is 11.9 Å². The van der Waals surface area contributed by atoms with Gasteiger partial charge in [0.25, 0.3) is 0 Å². The Morgan fingerprint density at radius 1 is 1.15 bits per heavy atom.